The number of phosphoric acid groups is 1. The highest BCUT2D eigenvalue weighted by molar-refractivity contribution is 7.47. The Morgan fingerprint density at radius 2 is 0.849 bits per heavy atom. The lowest BCUT2D eigenvalue weighted by Gasteiger charge is -2.15. The number of amides is 1. The first-order valence-electron chi connectivity index (χ1n) is 22.5. The van der Waals surface area contributed by atoms with Gasteiger partial charge in [0.25, 0.3) is 0 Å². The second-order valence-electron chi connectivity index (χ2n) is 15.4. The summed E-state index contributed by atoms with van der Waals surface area (Å²) >= 11 is 0. The number of hydrogen-bond donors (Lipinski definition) is 3. The van der Waals surface area contributed by atoms with Gasteiger partial charge in [-0.05, 0) is 12.8 Å². The van der Waals surface area contributed by atoms with Crippen molar-refractivity contribution in [2.45, 2.75) is 238 Å². The molecule has 0 heterocycles. The van der Waals surface area contributed by atoms with Crippen LogP contribution in [-0.4, -0.2) is 54.3 Å². The van der Waals surface area contributed by atoms with Gasteiger partial charge in [-0.1, -0.05) is 206 Å². The van der Waals surface area contributed by atoms with Crippen molar-refractivity contribution in [1.29, 1.82) is 0 Å². The van der Waals surface area contributed by atoms with E-state index in [1.54, 1.807) is 0 Å². The van der Waals surface area contributed by atoms with Crippen LogP contribution in [0.2, 0.25) is 0 Å². The number of rotatable bonds is 43. The molecule has 0 aromatic heterocycles. The standard InChI is InChI=1S/C43H86NO8P/c1-3-5-7-9-11-13-15-17-19-20-21-22-23-25-27-29-31-33-35-42(46)44-37-38-51-53(48,49)52-40-41(45)39-50-43(47)36-34-32-30-28-26-24-18-16-14-12-10-8-6-4-2/h41,45H,3-40H2,1-2H3,(H,44,46)(H,48,49). The van der Waals surface area contributed by atoms with Crippen molar-refractivity contribution >= 4 is 19.7 Å². The van der Waals surface area contributed by atoms with Crippen LogP contribution in [0.5, 0.6) is 0 Å². The third-order valence-electron chi connectivity index (χ3n) is 10.0. The van der Waals surface area contributed by atoms with Crippen LogP contribution < -0.4 is 5.32 Å². The molecule has 0 saturated carbocycles. The quantitative estimate of drug-likeness (QED) is 0.0317. The lowest BCUT2D eigenvalue weighted by molar-refractivity contribution is -0.147. The molecule has 0 aromatic rings. The molecule has 0 rings (SSSR count). The van der Waals surface area contributed by atoms with E-state index in [0.29, 0.717) is 12.8 Å². The van der Waals surface area contributed by atoms with Gasteiger partial charge in [0.15, 0.2) is 0 Å². The molecule has 0 aliphatic rings. The largest absolute Gasteiger partial charge is 0.472 e. The Bertz CT molecular complexity index is 845. The van der Waals surface area contributed by atoms with Crippen molar-refractivity contribution in [3.63, 3.8) is 0 Å². The molecule has 0 aliphatic heterocycles. The Labute approximate surface area is 326 Å². The minimum absolute atomic E-state index is 0.0885. The maximum atomic E-state index is 12.1. The Kier molecular flexibility index (Phi) is 39.9. The van der Waals surface area contributed by atoms with E-state index in [9.17, 15) is 24.2 Å². The van der Waals surface area contributed by atoms with Crippen molar-refractivity contribution in [1.82, 2.24) is 5.32 Å². The number of ether oxygens (including phenoxy) is 1. The second-order valence-corrected chi connectivity index (χ2v) is 16.8. The highest BCUT2D eigenvalue weighted by Crippen LogP contribution is 2.42. The molecule has 2 unspecified atom stereocenters. The molecular formula is C43H86NO8P. The van der Waals surface area contributed by atoms with Gasteiger partial charge in [0, 0.05) is 19.4 Å². The molecule has 10 heteroatoms. The van der Waals surface area contributed by atoms with Crippen molar-refractivity contribution < 1.29 is 37.9 Å². The van der Waals surface area contributed by atoms with E-state index in [2.05, 4.69) is 19.2 Å². The molecule has 0 spiro atoms. The van der Waals surface area contributed by atoms with E-state index in [1.165, 1.54) is 167 Å². The summed E-state index contributed by atoms with van der Waals surface area (Å²) in [6.07, 6.45) is 40.3. The van der Waals surface area contributed by atoms with Crippen LogP contribution in [0.3, 0.4) is 0 Å². The van der Waals surface area contributed by atoms with Gasteiger partial charge in [0.2, 0.25) is 5.91 Å². The number of unbranched alkanes of at least 4 members (excludes halogenated alkanes) is 30. The molecule has 1 amide bonds. The molecule has 0 aromatic carbocycles. The average molecular weight is 776 g/mol. The first kappa shape index (κ1) is 52.0. The van der Waals surface area contributed by atoms with E-state index in [0.717, 1.165) is 38.5 Å². The summed E-state index contributed by atoms with van der Waals surface area (Å²) in [4.78, 5) is 33.9. The van der Waals surface area contributed by atoms with E-state index >= 15 is 0 Å². The van der Waals surface area contributed by atoms with Crippen molar-refractivity contribution in [2.75, 3.05) is 26.4 Å². The van der Waals surface area contributed by atoms with Gasteiger partial charge in [-0.15, -0.1) is 0 Å². The summed E-state index contributed by atoms with van der Waals surface area (Å²) in [5.41, 5.74) is 0. The van der Waals surface area contributed by atoms with Crippen LogP contribution in [0.1, 0.15) is 232 Å². The van der Waals surface area contributed by atoms with Crippen LogP contribution in [0.15, 0.2) is 0 Å². The second kappa shape index (κ2) is 40.7. The molecule has 0 fully saturated rings. The van der Waals surface area contributed by atoms with E-state index in [-0.39, 0.29) is 25.7 Å². The van der Waals surface area contributed by atoms with Crippen LogP contribution in [0.25, 0.3) is 0 Å². The maximum absolute atomic E-state index is 12.1. The predicted molar refractivity (Wildman–Crippen MR) is 220 cm³/mol. The van der Waals surface area contributed by atoms with Gasteiger partial charge in [-0.25, -0.2) is 4.57 Å². The van der Waals surface area contributed by atoms with Gasteiger partial charge in [0.1, 0.15) is 12.7 Å². The number of nitrogens with one attached hydrogen (secondary N) is 1. The molecule has 53 heavy (non-hydrogen) atoms. The SMILES string of the molecule is CCCCCCCCCCCCCCCCCCCCC(=O)NCCOP(=O)(O)OCC(O)COC(=O)CCCCCCCCCCCCCCCC. The third kappa shape index (κ3) is 42.0. The fourth-order valence-corrected chi connectivity index (χ4v) is 7.37. The number of hydrogen-bond acceptors (Lipinski definition) is 7. The predicted octanol–water partition coefficient (Wildman–Crippen LogP) is 12.4. The highest BCUT2D eigenvalue weighted by atomic mass is 31.2. The first-order chi connectivity index (χ1) is 25.8. The van der Waals surface area contributed by atoms with Crippen molar-refractivity contribution in [3.05, 3.63) is 0 Å². The summed E-state index contributed by atoms with van der Waals surface area (Å²) in [7, 11) is -4.41. The number of aliphatic hydroxyl groups excluding tert-OH is 1. The number of carbonyl (C=O) groups excluding carboxylic acids is 2. The zero-order chi connectivity index (χ0) is 38.9. The smallest absolute Gasteiger partial charge is 0.463 e. The molecular weight excluding hydrogens is 689 g/mol. The first-order valence-corrected chi connectivity index (χ1v) is 24.0. The molecule has 2 atom stereocenters. The Hall–Kier alpha value is -0.990. The molecule has 0 aliphatic carbocycles. The topological polar surface area (TPSA) is 131 Å². The van der Waals surface area contributed by atoms with Gasteiger partial charge in [-0.2, -0.15) is 0 Å². The number of aliphatic hydroxyl groups is 1. The summed E-state index contributed by atoms with van der Waals surface area (Å²) in [5.74, 6) is -0.503. The van der Waals surface area contributed by atoms with Gasteiger partial charge >= 0.3 is 13.8 Å². The van der Waals surface area contributed by atoms with Crippen LogP contribution in [-0.2, 0) is 27.9 Å². The van der Waals surface area contributed by atoms with E-state index in [1.807, 2.05) is 0 Å². The lowest BCUT2D eigenvalue weighted by atomic mass is 10.0. The van der Waals surface area contributed by atoms with Crippen LogP contribution >= 0.6 is 7.82 Å². The van der Waals surface area contributed by atoms with Crippen LogP contribution in [0.4, 0.5) is 0 Å². The monoisotopic (exact) mass is 776 g/mol. The molecule has 0 radical (unpaired) electrons. The highest BCUT2D eigenvalue weighted by Gasteiger charge is 2.23. The zero-order valence-electron chi connectivity index (χ0n) is 34.7. The van der Waals surface area contributed by atoms with E-state index in [4.69, 9.17) is 13.8 Å². The normalized spacial score (nSPS) is 13.2. The molecule has 9 nitrogen and oxygen atoms in total. The fraction of sp³-hybridized carbons (Fsp3) is 0.953. The Morgan fingerprint density at radius 3 is 1.23 bits per heavy atom. The minimum atomic E-state index is -4.41. The third-order valence-corrected chi connectivity index (χ3v) is 11.0. The maximum Gasteiger partial charge on any atom is 0.472 e. The fourth-order valence-electron chi connectivity index (χ4n) is 6.62. The number of phosphoric ester groups is 1. The Morgan fingerprint density at radius 1 is 0.509 bits per heavy atom. The Balaban J connectivity index is 3.54. The van der Waals surface area contributed by atoms with Crippen molar-refractivity contribution in [2.24, 2.45) is 0 Å². The van der Waals surface area contributed by atoms with E-state index < -0.39 is 26.5 Å². The van der Waals surface area contributed by atoms with Crippen molar-refractivity contribution in [3.8, 4) is 0 Å². The molecule has 316 valence electrons. The molecule has 3 N–H and O–H groups in total. The summed E-state index contributed by atoms with van der Waals surface area (Å²) in [5, 5.41) is 12.7. The van der Waals surface area contributed by atoms with Gasteiger partial charge in [-0.3, -0.25) is 18.6 Å². The number of esters is 1. The molecule has 0 bridgehead atoms. The minimum Gasteiger partial charge on any atom is -0.463 e. The van der Waals surface area contributed by atoms with Crippen LogP contribution in [0, 0.1) is 0 Å². The lowest BCUT2D eigenvalue weighted by Crippen LogP contribution is -2.27. The summed E-state index contributed by atoms with van der Waals surface area (Å²) in [6.45, 7) is 3.60. The average Bonchev–Trinajstić information content (AvgIpc) is 3.14. The zero-order valence-corrected chi connectivity index (χ0v) is 35.6. The summed E-state index contributed by atoms with van der Waals surface area (Å²) in [6, 6.07) is 0. The van der Waals surface area contributed by atoms with Gasteiger partial charge in [0.05, 0.1) is 13.2 Å². The van der Waals surface area contributed by atoms with Gasteiger partial charge < -0.3 is 20.1 Å². The number of carbonyl (C=O) groups is 2. The molecule has 0 saturated heterocycles. The summed E-state index contributed by atoms with van der Waals surface area (Å²) < 4.78 is 26.9.